The van der Waals surface area contributed by atoms with Gasteiger partial charge in [-0.25, -0.2) is 0 Å². The van der Waals surface area contributed by atoms with Gasteiger partial charge in [0.05, 0.1) is 12.9 Å². The predicted octanol–water partition coefficient (Wildman–Crippen LogP) is -0.0938. The average molecular weight is 130 g/mol. The van der Waals surface area contributed by atoms with Crippen LogP contribution < -0.4 is 0 Å². The van der Waals surface area contributed by atoms with Gasteiger partial charge in [0.15, 0.2) is 0 Å². The molecule has 0 aromatic rings. The number of epoxide rings is 1. The molecule has 1 saturated heterocycles. The standard InChI is InChI=1S/C6H10O3/c1-2-8-4-6-5(3-7)9-6/h2,5-7H,1,3-4H2. The van der Waals surface area contributed by atoms with Crippen molar-refractivity contribution in [3.05, 3.63) is 12.8 Å². The first-order valence-corrected chi connectivity index (χ1v) is 2.87. The predicted molar refractivity (Wildman–Crippen MR) is 31.9 cm³/mol. The number of hydrogen-bond donors (Lipinski definition) is 1. The van der Waals surface area contributed by atoms with Crippen LogP contribution in [-0.2, 0) is 9.47 Å². The summed E-state index contributed by atoms with van der Waals surface area (Å²) in [4.78, 5) is 0. The molecule has 1 heterocycles. The van der Waals surface area contributed by atoms with E-state index in [1.165, 1.54) is 6.26 Å². The molecule has 0 radical (unpaired) electrons. The molecule has 9 heavy (non-hydrogen) atoms. The van der Waals surface area contributed by atoms with Crippen LogP contribution >= 0.6 is 0 Å². The minimum atomic E-state index is 0.00458. The van der Waals surface area contributed by atoms with E-state index in [2.05, 4.69) is 6.58 Å². The van der Waals surface area contributed by atoms with Gasteiger partial charge in [0.1, 0.15) is 18.8 Å². The molecule has 1 aliphatic heterocycles. The van der Waals surface area contributed by atoms with E-state index in [9.17, 15) is 0 Å². The largest absolute Gasteiger partial charge is 0.499 e. The maximum Gasteiger partial charge on any atom is 0.120 e. The zero-order valence-corrected chi connectivity index (χ0v) is 5.12. The Labute approximate surface area is 53.9 Å². The fourth-order valence-electron chi connectivity index (χ4n) is 0.649. The van der Waals surface area contributed by atoms with Crippen molar-refractivity contribution in [3.8, 4) is 0 Å². The molecule has 0 amide bonds. The molecule has 0 saturated carbocycles. The molecule has 3 nitrogen and oxygen atoms in total. The molecule has 1 N–H and O–H groups in total. The SMILES string of the molecule is C=COCC1OC1CO. The number of aliphatic hydroxyl groups is 1. The Hall–Kier alpha value is -0.540. The van der Waals surface area contributed by atoms with E-state index < -0.39 is 0 Å². The second-order valence-electron chi connectivity index (χ2n) is 1.90. The zero-order chi connectivity index (χ0) is 6.69. The maximum atomic E-state index is 8.47. The van der Waals surface area contributed by atoms with Gasteiger partial charge in [-0.15, -0.1) is 0 Å². The molecule has 1 aliphatic rings. The van der Waals surface area contributed by atoms with Gasteiger partial charge in [0, 0.05) is 0 Å². The number of aliphatic hydroxyl groups excluding tert-OH is 1. The second kappa shape index (κ2) is 2.85. The van der Waals surface area contributed by atoms with Crippen molar-refractivity contribution < 1.29 is 14.6 Å². The van der Waals surface area contributed by atoms with Crippen molar-refractivity contribution in [3.63, 3.8) is 0 Å². The van der Waals surface area contributed by atoms with Crippen LogP contribution in [0.1, 0.15) is 0 Å². The summed E-state index contributed by atoms with van der Waals surface area (Å²) in [5.41, 5.74) is 0. The summed E-state index contributed by atoms with van der Waals surface area (Å²) in [6.07, 6.45) is 1.47. The molecule has 52 valence electrons. The van der Waals surface area contributed by atoms with Crippen LogP contribution in [-0.4, -0.2) is 30.5 Å². The average Bonchev–Trinajstić information content (AvgIpc) is 2.62. The van der Waals surface area contributed by atoms with Crippen LogP contribution in [0.4, 0.5) is 0 Å². The van der Waals surface area contributed by atoms with Crippen LogP contribution in [0.3, 0.4) is 0 Å². The van der Waals surface area contributed by atoms with Crippen molar-refractivity contribution in [2.75, 3.05) is 13.2 Å². The molecule has 2 unspecified atom stereocenters. The molecule has 0 aromatic carbocycles. The van der Waals surface area contributed by atoms with E-state index in [0.717, 1.165) is 0 Å². The van der Waals surface area contributed by atoms with E-state index >= 15 is 0 Å². The molecule has 1 rings (SSSR count). The summed E-state index contributed by atoms with van der Waals surface area (Å²) in [5.74, 6) is 0. The van der Waals surface area contributed by atoms with Crippen molar-refractivity contribution >= 4 is 0 Å². The van der Waals surface area contributed by atoms with Crippen molar-refractivity contribution in [1.29, 1.82) is 0 Å². The van der Waals surface area contributed by atoms with E-state index in [1.54, 1.807) is 0 Å². The van der Waals surface area contributed by atoms with Crippen molar-refractivity contribution in [2.45, 2.75) is 12.2 Å². The molecular weight excluding hydrogens is 120 g/mol. The second-order valence-corrected chi connectivity index (χ2v) is 1.90. The Balaban J connectivity index is 1.98. The van der Waals surface area contributed by atoms with E-state index in [-0.39, 0.29) is 18.8 Å². The molecule has 0 aromatic heterocycles. The third-order valence-corrected chi connectivity index (χ3v) is 1.25. The minimum Gasteiger partial charge on any atom is -0.499 e. The molecule has 0 bridgehead atoms. The topological polar surface area (TPSA) is 42.0 Å². The summed E-state index contributed by atoms with van der Waals surface area (Å²) in [6, 6.07) is 0. The monoisotopic (exact) mass is 130 g/mol. The highest BCUT2D eigenvalue weighted by Crippen LogP contribution is 2.20. The maximum absolute atomic E-state index is 8.47. The first-order valence-electron chi connectivity index (χ1n) is 2.87. The molecule has 0 aliphatic carbocycles. The van der Waals surface area contributed by atoms with Gasteiger partial charge < -0.3 is 14.6 Å². The van der Waals surface area contributed by atoms with Crippen LogP contribution in [0, 0.1) is 0 Å². The minimum absolute atomic E-state index is 0.00458. The van der Waals surface area contributed by atoms with Gasteiger partial charge in [-0.05, 0) is 0 Å². The lowest BCUT2D eigenvalue weighted by Crippen LogP contribution is -2.04. The molecule has 0 spiro atoms. The highest BCUT2D eigenvalue weighted by molar-refractivity contribution is 4.83. The van der Waals surface area contributed by atoms with Gasteiger partial charge >= 0.3 is 0 Å². The Bertz CT molecular complexity index is 102. The number of rotatable bonds is 4. The molecule has 2 atom stereocenters. The summed E-state index contributed by atoms with van der Waals surface area (Å²) in [7, 11) is 0. The quantitative estimate of drug-likeness (QED) is 0.427. The third kappa shape index (κ3) is 1.69. The Morgan fingerprint density at radius 3 is 2.89 bits per heavy atom. The summed E-state index contributed by atoms with van der Waals surface area (Å²) >= 11 is 0. The highest BCUT2D eigenvalue weighted by Gasteiger charge is 2.38. The summed E-state index contributed by atoms with van der Waals surface area (Å²) < 4.78 is 9.76. The zero-order valence-electron chi connectivity index (χ0n) is 5.12. The fourth-order valence-corrected chi connectivity index (χ4v) is 0.649. The lowest BCUT2D eigenvalue weighted by atomic mass is 10.3. The van der Waals surface area contributed by atoms with Gasteiger partial charge in [0.2, 0.25) is 0 Å². The van der Waals surface area contributed by atoms with Gasteiger partial charge in [-0.1, -0.05) is 6.58 Å². The Morgan fingerprint density at radius 2 is 2.44 bits per heavy atom. The third-order valence-electron chi connectivity index (χ3n) is 1.25. The first-order chi connectivity index (χ1) is 4.38. The molecule has 1 fully saturated rings. The highest BCUT2D eigenvalue weighted by atomic mass is 16.6. The van der Waals surface area contributed by atoms with Crippen molar-refractivity contribution in [1.82, 2.24) is 0 Å². The smallest absolute Gasteiger partial charge is 0.120 e. The normalized spacial score (nSPS) is 31.7. The van der Waals surface area contributed by atoms with Crippen LogP contribution in [0.2, 0.25) is 0 Å². The van der Waals surface area contributed by atoms with E-state index in [4.69, 9.17) is 14.6 Å². The van der Waals surface area contributed by atoms with Crippen LogP contribution in [0.5, 0.6) is 0 Å². The number of ether oxygens (including phenoxy) is 2. The van der Waals surface area contributed by atoms with Crippen LogP contribution in [0.15, 0.2) is 12.8 Å². The van der Waals surface area contributed by atoms with Crippen LogP contribution in [0.25, 0.3) is 0 Å². The summed E-state index contributed by atoms with van der Waals surface area (Å²) in [6.45, 7) is 3.97. The van der Waals surface area contributed by atoms with Gasteiger partial charge in [-0.3, -0.25) is 0 Å². The lowest BCUT2D eigenvalue weighted by molar-refractivity contribution is 0.208. The number of hydrogen-bond acceptors (Lipinski definition) is 3. The van der Waals surface area contributed by atoms with Crippen molar-refractivity contribution in [2.24, 2.45) is 0 Å². The molecular formula is C6H10O3. The van der Waals surface area contributed by atoms with Gasteiger partial charge in [0.25, 0.3) is 0 Å². The Kier molecular flexibility index (Phi) is 2.08. The first kappa shape index (κ1) is 6.58. The lowest BCUT2D eigenvalue weighted by Gasteiger charge is -1.92. The van der Waals surface area contributed by atoms with Gasteiger partial charge in [-0.2, -0.15) is 0 Å². The van der Waals surface area contributed by atoms with E-state index in [1.807, 2.05) is 0 Å². The summed E-state index contributed by atoms with van der Waals surface area (Å²) in [5, 5.41) is 8.47. The fraction of sp³-hybridized carbons (Fsp3) is 0.667. The van der Waals surface area contributed by atoms with E-state index in [0.29, 0.717) is 6.61 Å². The molecule has 3 heteroatoms. The Morgan fingerprint density at radius 1 is 1.67 bits per heavy atom.